The van der Waals surface area contributed by atoms with E-state index in [4.69, 9.17) is 4.74 Å². The van der Waals surface area contributed by atoms with Gasteiger partial charge in [0.05, 0.1) is 7.11 Å². The molecule has 0 saturated carbocycles. The molecule has 0 spiro atoms. The van der Waals surface area contributed by atoms with Crippen LogP contribution in [-0.4, -0.2) is 37.6 Å². The summed E-state index contributed by atoms with van der Waals surface area (Å²) in [5, 5.41) is 2.93. The van der Waals surface area contributed by atoms with E-state index in [1.54, 1.807) is 19.2 Å². The Labute approximate surface area is 178 Å². The summed E-state index contributed by atoms with van der Waals surface area (Å²) in [5.74, 6) is 1.30. The molecule has 0 bridgehead atoms. The standard InChI is InChI=1S/C25H31FN2O2/c1-30-24-11-6-20(7-12-24)3-2-16-28-17-14-21(15-18-28)8-13-25(29)27-19-22-4-9-23(26)10-5-22/h2-7,9-12,21H,8,13-19H2,1H3,(H,27,29). The van der Waals surface area contributed by atoms with Crippen LogP contribution in [0, 0.1) is 11.7 Å². The molecule has 4 nitrogen and oxygen atoms in total. The van der Waals surface area contributed by atoms with Gasteiger partial charge in [-0.1, -0.05) is 36.4 Å². The zero-order chi connectivity index (χ0) is 21.2. The lowest BCUT2D eigenvalue weighted by Crippen LogP contribution is -2.34. The van der Waals surface area contributed by atoms with E-state index < -0.39 is 0 Å². The number of carbonyl (C=O) groups is 1. The summed E-state index contributed by atoms with van der Waals surface area (Å²) >= 11 is 0. The molecule has 5 heteroatoms. The van der Waals surface area contributed by atoms with Crippen molar-refractivity contribution in [1.82, 2.24) is 10.2 Å². The number of rotatable bonds is 9. The van der Waals surface area contributed by atoms with Gasteiger partial charge in [0.2, 0.25) is 5.91 Å². The minimum Gasteiger partial charge on any atom is -0.497 e. The molecular formula is C25H31FN2O2. The minimum atomic E-state index is -0.257. The summed E-state index contributed by atoms with van der Waals surface area (Å²) in [6, 6.07) is 14.3. The molecule has 1 N–H and O–H groups in total. The van der Waals surface area contributed by atoms with Crippen molar-refractivity contribution in [3.63, 3.8) is 0 Å². The smallest absolute Gasteiger partial charge is 0.220 e. The van der Waals surface area contributed by atoms with E-state index >= 15 is 0 Å². The lowest BCUT2D eigenvalue weighted by Gasteiger charge is -2.31. The number of hydrogen-bond acceptors (Lipinski definition) is 3. The number of hydrogen-bond donors (Lipinski definition) is 1. The van der Waals surface area contributed by atoms with E-state index in [-0.39, 0.29) is 11.7 Å². The lowest BCUT2D eigenvalue weighted by atomic mass is 9.92. The Morgan fingerprint density at radius 2 is 1.83 bits per heavy atom. The number of nitrogens with zero attached hydrogens (tertiary/aromatic N) is 1. The van der Waals surface area contributed by atoms with Gasteiger partial charge >= 0.3 is 0 Å². The number of piperidine rings is 1. The highest BCUT2D eigenvalue weighted by Gasteiger charge is 2.19. The Balaban J connectivity index is 1.29. The average Bonchev–Trinajstić information content (AvgIpc) is 2.78. The molecule has 3 rings (SSSR count). The van der Waals surface area contributed by atoms with Gasteiger partial charge in [-0.2, -0.15) is 0 Å². The van der Waals surface area contributed by atoms with Crippen LogP contribution in [0.5, 0.6) is 5.75 Å². The van der Waals surface area contributed by atoms with Crippen LogP contribution in [0.1, 0.15) is 36.8 Å². The molecule has 1 heterocycles. The third-order valence-corrected chi connectivity index (χ3v) is 5.68. The molecule has 0 aromatic heterocycles. The van der Waals surface area contributed by atoms with Gasteiger partial charge in [0.15, 0.2) is 0 Å². The molecule has 1 aliphatic rings. The molecule has 0 aliphatic carbocycles. The zero-order valence-corrected chi connectivity index (χ0v) is 17.6. The number of nitrogens with one attached hydrogen (secondary N) is 1. The first-order valence-electron chi connectivity index (χ1n) is 10.7. The van der Waals surface area contributed by atoms with Gasteiger partial charge in [0.1, 0.15) is 11.6 Å². The van der Waals surface area contributed by atoms with E-state index in [0.717, 1.165) is 50.2 Å². The summed E-state index contributed by atoms with van der Waals surface area (Å²) in [5.41, 5.74) is 2.10. The molecule has 1 amide bonds. The number of amides is 1. The van der Waals surface area contributed by atoms with E-state index in [1.165, 1.54) is 17.7 Å². The third kappa shape index (κ3) is 7.30. The Bertz CT molecular complexity index is 810. The van der Waals surface area contributed by atoms with Crippen LogP contribution in [0.15, 0.2) is 54.6 Å². The van der Waals surface area contributed by atoms with Crippen molar-refractivity contribution in [3.05, 3.63) is 71.6 Å². The number of halogens is 1. The number of methoxy groups -OCH3 is 1. The first-order chi connectivity index (χ1) is 14.6. The molecule has 0 atom stereocenters. The van der Waals surface area contributed by atoms with E-state index in [1.807, 2.05) is 12.1 Å². The van der Waals surface area contributed by atoms with Gasteiger partial charge < -0.3 is 10.1 Å². The van der Waals surface area contributed by atoms with Gasteiger partial charge in [-0.15, -0.1) is 0 Å². The van der Waals surface area contributed by atoms with Crippen molar-refractivity contribution in [1.29, 1.82) is 0 Å². The highest BCUT2D eigenvalue weighted by molar-refractivity contribution is 5.75. The topological polar surface area (TPSA) is 41.6 Å². The van der Waals surface area contributed by atoms with Crippen LogP contribution >= 0.6 is 0 Å². The highest BCUT2D eigenvalue weighted by atomic mass is 19.1. The van der Waals surface area contributed by atoms with Crippen LogP contribution in [-0.2, 0) is 11.3 Å². The van der Waals surface area contributed by atoms with Gasteiger partial charge in [-0.25, -0.2) is 4.39 Å². The Morgan fingerprint density at radius 3 is 2.50 bits per heavy atom. The van der Waals surface area contributed by atoms with Crippen molar-refractivity contribution >= 4 is 12.0 Å². The fourth-order valence-electron chi connectivity index (χ4n) is 3.74. The Kier molecular flexibility index (Phi) is 8.45. The number of carbonyl (C=O) groups excluding carboxylic acids is 1. The van der Waals surface area contributed by atoms with Gasteiger partial charge in [0, 0.05) is 19.5 Å². The predicted molar refractivity (Wildman–Crippen MR) is 119 cm³/mol. The molecule has 1 fully saturated rings. The summed E-state index contributed by atoms with van der Waals surface area (Å²) in [6.45, 7) is 3.57. The monoisotopic (exact) mass is 410 g/mol. The van der Waals surface area contributed by atoms with Crippen molar-refractivity contribution in [2.45, 2.75) is 32.2 Å². The molecule has 1 saturated heterocycles. The fourth-order valence-corrected chi connectivity index (χ4v) is 3.74. The minimum absolute atomic E-state index is 0.0733. The number of benzene rings is 2. The SMILES string of the molecule is COc1ccc(C=CCN2CCC(CCC(=O)NCc3ccc(F)cc3)CC2)cc1. The quantitative estimate of drug-likeness (QED) is 0.654. The lowest BCUT2D eigenvalue weighted by molar-refractivity contribution is -0.121. The van der Waals surface area contributed by atoms with E-state index in [2.05, 4.69) is 34.5 Å². The Hall–Kier alpha value is -2.66. The molecule has 30 heavy (non-hydrogen) atoms. The molecular weight excluding hydrogens is 379 g/mol. The second kappa shape index (κ2) is 11.5. The summed E-state index contributed by atoms with van der Waals surface area (Å²) in [4.78, 5) is 14.6. The largest absolute Gasteiger partial charge is 0.497 e. The second-order valence-electron chi connectivity index (χ2n) is 7.86. The van der Waals surface area contributed by atoms with Crippen molar-refractivity contribution in [2.75, 3.05) is 26.7 Å². The maximum absolute atomic E-state index is 12.9. The van der Waals surface area contributed by atoms with Crippen molar-refractivity contribution in [2.24, 2.45) is 5.92 Å². The summed E-state index contributed by atoms with van der Waals surface area (Å²) in [6.07, 6.45) is 8.14. The van der Waals surface area contributed by atoms with E-state index in [0.29, 0.717) is 18.9 Å². The van der Waals surface area contributed by atoms with Crippen LogP contribution in [0.3, 0.4) is 0 Å². The fraction of sp³-hybridized carbons (Fsp3) is 0.400. The molecule has 1 aliphatic heterocycles. The zero-order valence-electron chi connectivity index (χ0n) is 17.6. The molecule has 160 valence electrons. The van der Waals surface area contributed by atoms with Gasteiger partial charge in [0.25, 0.3) is 0 Å². The van der Waals surface area contributed by atoms with Crippen LogP contribution in [0.25, 0.3) is 6.08 Å². The first-order valence-corrected chi connectivity index (χ1v) is 10.7. The summed E-state index contributed by atoms with van der Waals surface area (Å²) < 4.78 is 18.1. The molecule has 0 radical (unpaired) electrons. The molecule has 0 unspecified atom stereocenters. The van der Waals surface area contributed by atoms with Gasteiger partial charge in [-0.3, -0.25) is 9.69 Å². The summed E-state index contributed by atoms with van der Waals surface area (Å²) in [7, 11) is 1.68. The van der Waals surface area contributed by atoms with Crippen molar-refractivity contribution < 1.29 is 13.9 Å². The molecule has 2 aromatic rings. The number of ether oxygens (including phenoxy) is 1. The van der Waals surface area contributed by atoms with Crippen molar-refractivity contribution in [3.8, 4) is 5.75 Å². The second-order valence-corrected chi connectivity index (χ2v) is 7.86. The number of likely N-dealkylation sites (tertiary alicyclic amines) is 1. The van der Waals surface area contributed by atoms with Gasteiger partial charge in [-0.05, 0) is 73.7 Å². The average molecular weight is 411 g/mol. The normalized spacial score (nSPS) is 15.4. The molecule has 2 aromatic carbocycles. The third-order valence-electron chi connectivity index (χ3n) is 5.68. The Morgan fingerprint density at radius 1 is 1.13 bits per heavy atom. The maximum atomic E-state index is 12.9. The van der Waals surface area contributed by atoms with E-state index in [9.17, 15) is 9.18 Å². The highest BCUT2D eigenvalue weighted by Crippen LogP contribution is 2.22. The predicted octanol–water partition coefficient (Wildman–Crippen LogP) is 4.66. The van der Waals surface area contributed by atoms with Crippen LogP contribution < -0.4 is 10.1 Å². The maximum Gasteiger partial charge on any atom is 0.220 e. The first kappa shape index (κ1) is 22.0. The van der Waals surface area contributed by atoms with Crippen LogP contribution in [0.2, 0.25) is 0 Å². The van der Waals surface area contributed by atoms with Crippen LogP contribution in [0.4, 0.5) is 4.39 Å².